The molecule has 0 aliphatic carbocycles. The van der Waals surface area contributed by atoms with Gasteiger partial charge in [-0.25, -0.2) is 9.69 Å². The van der Waals surface area contributed by atoms with E-state index in [9.17, 15) is 14.9 Å². The van der Waals surface area contributed by atoms with Gasteiger partial charge in [0.15, 0.2) is 0 Å². The predicted octanol–water partition coefficient (Wildman–Crippen LogP) is 3.38. The molecule has 0 bridgehead atoms. The first-order chi connectivity index (χ1) is 15.0. The van der Waals surface area contributed by atoms with Gasteiger partial charge in [-0.15, -0.1) is 10.1 Å². The van der Waals surface area contributed by atoms with Gasteiger partial charge in [-0.2, -0.15) is 0 Å². The van der Waals surface area contributed by atoms with Crippen LogP contribution in [0.15, 0.2) is 58.3 Å². The number of guanidine groups is 1. The van der Waals surface area contributed by atoms with Crippen LogP contribution in [0.5, 0.6) is 5.75 Å². The number of fused-ring (bicyclic) bond motifs is 1. The highest BCUT2D eigenvalue weighted by molar-refractivity contribution is 9.10. The van der Waals surface area contributed by atoms with Crippen molar-refractivity contribution in [2.24, 2.45) is 4.99 Å². The second-order valence-corrected chi connectivity index (χ2v) is 7.10. The zero-order valence-corrected chi connectivity index (χ0v) is 17.5. The predicted molar refractivity (Wildman–Crippen MR) is 114 cm³/mol. The van der Waals surface area contributed by atoms with Gasteiger partial charge in [0, 0.05) is 18.0 Å². The lowest BCUT2D eigenvalue weighted by Gasteiger charge is -2.20. The minimum absolute atomic E-state index is 0.169. The molecule has 2 heterocycles. The maximum atomic E-state index is 12.8. The van der Waals surface area contributed by atoms with E-state index in [1.807, 2.05) is 0 Å². The number of benzene rings is 2. The van der Waals surface area contributed by atoms with Gasteiger partial charge in [0.2, 0.25) is 5.96 Å². The molecule has 1 N–H and O–H groups in total. The van der Waals surface area contributed by atoms with Crippen LogP contribution in [0.4, 0.5) is 10.5 Å². The van der Waals surface area contributed by atoms with Gasteiger partial charge < -0.3 is 14.9 Å². The van der Waals surface area contributed by atoms with Gasteiger partial charge in [-0.1, -0.05) is 18.2 Å². The summed E-state index contributed by atoms with van der Waals surface area (Å²) < 4.78 is 6.14. The maximum Gasteiger partial charge on any atom is 0.422 e. The Hall–Kier alpha value is -3.80. The summed E-state index contributed by atoms with van der Waals surface area (Å²) in [6.45, 7) is 0.384. The molecule has 1 amide bonds. The lowest BCUT2D eigenvalue weighted by Crippen LogP contribution is -2.40. The number of ether oxygens (including phenoxy) is 1. The van der Waals surface area contributed by atoms with Crippen LogP contribution in [0.3, 0.4) is 0 Å². The van der Waals surface area contributed by atoms with Crippen LogP contribution in [0.1, 0.15) is 5.56 Å². The number of aliphatic imine (C=N–C) groups is 1. The molecule has 11 nitrogen and oxygen atoms in total. The summed E-state index contributed by atoms with van der Waals surface area (Å²) in [5.41, 5.74) is 2.42. The van der Waals surface area contributed by atoms with E-state index in [1.165, 1.54) is 11.0 Å². The number of halogens is 1. The van der Waals surface area contributed by atoms with Crippen molar-refractivity contribution in [2.75, 3.05) is 18.4 Å². The molecule has 1 aromatic heterocycles. The van der Waals surface area contributed by atoms with Crippen molar-refractivity contribution in [3.05, 3.63) is 68.9 Å². The second kappa shape index (κ2) is 8.92. The Morgan fingerprint density at radius 2 is 2.03 bits per heavy atom. The molecule has 3 aromatic rings. The lowest BCUT2D eigenvalue weighted by atomic mass is 10.2. The van der Waals surface area contributed by atoms with Crippen LogP contribution >= 0.6 is 15.9 Å². The molecular weight excluding hydrogens is 472 g/mol. The first kappa shape index (κ1) is 20.5. The van der Waals surface area contributed by atoms with E-state index in [-0.39, 0.29) is 12.4 Å². The highest BCUT2D eigenvalue weighted by atomic mass is 79.9. The normalized spacial score (nSPS) is 13.1. The first-order valence-corrected chi connectivity index (χ1v) is 9.87. The van der Waals surface area contributed by atoms with Gasteiger partial charge in [0.1, 0.15) is 17.9 Å². The van der Waals surface area contributed by atoms with E-state index < -0.39 is 11.2 Å². The zero-order valence-electron chi connectivity index (χ0n) is 15.9. The fourth-order valence-corrected chi connectivity index (χ4v) is 3.48. The Morgan fingerprint density at radius 3 is 2.87 bits per heavy atom. The lowest BCUT2D eigenvalue weighted by molar-refractivity contribution is -0.763. The van der Waals surface area contributed by atoms with Crippen LogP contribution in [0.25, 0.3) is 11.0 Å². The van der Waals surface area contributed by atoms with E-state index in [4.69, 9.17) is 4.74 Å². The molecule has 0 atom stereocenters. The molecule has 0 saturated heterocycles. The summed E-state index contributed by atoms with van der Waals surface area (Å²) in [5.74, 6) is 0.482. The molecule has 2 aromatic carbocycles. The van der Waals surface area contributed by atoms with Crippen LogP contribution in [0.2, 0.25) is 0 Å². The van der Waals surface area contributed by atoms with Gasteiger partial charge in [-0.3, -0.25) is 15.0 Å². The number of carbonyl (C=O) groups is 1. The molecule has 0 saturated carbocycles. The molecule has 0 unspecified atom stereocenters. The van der Waals surface area contributed by atoms with Gasteiger partial charge in [0.05, 0.1) is 28.8 Å². The minimum Gasteiger partial charge on any atom is -0.410 e. The van der Waals surface area contributed by atoms with E-state index in [1.54, 1.807) is 42.7 Å². The summed E-state index contributed by atoms with van der Waals surface area (Å²) in [6, 6.07) is 10.0. The third kappa shape index (κ3) is 4.53. The van der Waals surface area contributed by atoms with Gasteiger partial charge in [0.25, 0.3) is 5.09 Å². The van der Waals surface area contributed by atoms with Crippen molar-refractivity contribution in [3.8, 4) is 5.75 Å². The average Bonchev–Trinajstić information content (AvgIpc) is 3.23. The number of amides is 1. The zero-order chi connectivity index (χ0) is 21.8. The molecule has 1 aliphatic heterocycles. The van der Waals surface area contributed by atoms with Crippen LogP contribution in [-0.2, 0) is 11.4 Å². The third-order valence-electron chi connectivity index (χ3n) is 4.38. The Labute approximate surface area is 183 Å². The Kier molecular flexibility index (Phi) is 5.89. The number of carbonyl (C=O) groups excluding carboxylic acids is 1. The van der Waals surface area contributed by atoms with Crippen molar-refractivity contribution < 1.29 is 19.5 Å². The van der Waals surface area contributed by atoms with Gasteiger partial charge >= 0.3 is 6.09 Å². The first-order valence-electron chi connectivity index (χ1n) is 9.08. The van der Waals surface area contributed by atoms with Gasteiger partial charge in [-0.05, 0) is 34.1 Å². The molecule has 1 aliphatic rings. The van der Waals surface area contributed by atoms with Crippen LogP contribution < -0.4 is 10.1 Å². The molecule has 0 fully saturated rings. The number of nitrogens with one attached hydrogen (secondary N) is 1. The minimum atomic E-state index is -0.903. The summed E-state index contributed by atoms with van der Waals surface area (Å²) in [6.07, 6.45) is 2.53. The number of aromatic nitrogens is 2. The third-order valence-corrected chi connectivity index (χ3v) is 5.18. The fraction of sp³-hybridized carbons (Fsp3) is 0.158. The summed E-state index contributed by atoms with van der Waals surface area (Å²) >= 11 is 3.51. The average molecular weight is 487 g/mol. The highest BCUT2D eigenvalue weighted by Gasteiger charge is 2.27. The van der Waals surface area contributed by atoms with Crippen LogP contribution in [0, 0.1) is 10.1 Å². The van der Waals surface area contributed by atoms with E-state index in [0.717, 1.165) is 5.52 Å². The Balaban J connectivity index is 1.50. The molecule has 4 rings (SSSR count). The topological polar surface area (TPSA) is 132 Å². The largest absolute Gasteiger partial charge is 0.422 e. The Morgan fingerprint density at radius 1 is 1.23 bits per heavy atom. The number of para-hydroxylation sites is 1. The smallest absolute Gasteiger partial charge is 0.410 e. The molecule has 0 spiro atoms. The number of hydrogen-bond donors (Lipinski definition) is 1. The molecule has 0 radical (unpaired) electrons. The highest BCUT2D eigenvalue weighted by Crippen LogP contribution is 2.29. The number of hydrogen-bond acceptors (Lipinski definition) is 9. The SMILES string of the molecule is O=C(Oc1ccccc1CO[N+](=O)[O-])N1CCN=C1Nc1ccc2nccnc2c1Br. The van der Waals surface area contributed by atoms with Crippen molar-refractivity contribution in [1.29, 1.82) is 0 Å². The molecular formula is C19H15BrN6O5. The van der Waals surface area contributed by atoms with Crippen LogP contribution in [-0.4, -0.2) is 45.1 Å². The summed E-state index contributed by atoms with van der Waals surface area (Å²) in [4.78, 5) is 41.9. The van der Waals surface area contributed by atoms with E-state index in [0.29, 0.717) is 40.3 Å². The van der Waals surface area contributed by atoms with Crippen molar-refractivity contribution in [1.82, 2.24) is 14.9 Å². The second-order valence-electron chi connectivity index (χ2n) is 6.31. The Bertz CT molecular complexity index is 1190. The van der Waals surface area contributed by atoms with Crippen molar-refractivity contribution in [2.45, 2.75) is 6.61 Å². The molecule has 12 heteroatoms. The standard InChI is InChI=1S/C19H15BrN6O5/c20-16-13(5-6-14-17(16)22-8-7-21-14)24-18-23-9-10-25(18)19(27)31-15-4-2-1-3-12(15)11-30-26(28)29/h1-8H,9-11H2,(H,23,24). The molecule has 158 valence electrons. The van der Waals surface area contributed by atoms with Crippen molar-refractivity contribution in [3.63, 3.8) is 0 Å². The number of anilines is 1. The maximum absolute atomic E-state index is 12.8. The van der Waals surface area contributed by atoms with E-state index in [2.05, 4.69) is 41.0 Å². The van der Waals surface area contributed by atoms with E-state index >= 15 is 0 Å². The quantitative estimate of drug-likeness (QED) is 0.428. The molecule has 31 heavy (non-hydrogen) atoms. The monoisotopic (exact) mass is 486 g/mol. The van der Waals surface area contributed by atoms with Crippen molar-refractivity contribution >= 4 is 44.7 Å². The number of rotatable bonds is 5. The number of nitrogens with zero attached hydrogens (tertiary/aromatic N) is 5. The summed E-state index contributed by atoms with van der Waals surface area (Å²) in [7, 11) is 0. The fourth-order valence-electron chi connectivity index (χ4n) is 2.95. The summed E-state index contributed by atoms with van der Waals surface area (Å²) in [5, 5.41) is 12.7.